The molecule has 0 aliphatic carbocycles. The van der Waals surface area contributed by atoms with E-state index in [0.717, 1.165) is 253 Å². The Balaban J connectivity index is 0.000000153. The van der Waals surface area contributed by atoms with Gasteiger partial charge in [0.15, 0.2) is 46.5 Å². The standard InChI is InChI=1S/C25H40N8O2.C23H40N8O6.C22H36N8O3.C20H30ClN7O2/c34-18-16-33(17-19-35)25-27-21-20(23(29-25)31-12-6-2-7-13-31)26-24(32-14-8-3-9-15-32)28-22(21)30-10-4-1-5-11-30;32-12-6-29(7-13-33)21-19-18(24-23(27-21)31(10-16-36)11-17-37)20(28-4-2-1-3-5-28)26-22(25-19)30(8-14-34)9-15-35;31-14-7-23-21-24-17-18(19(26-21)28-8-3-1-4-9-28)25-22(30(12-15-32)13-16-33)27-20(17)29-10-5-2-6-11-29;21-19-22-15-16(17(24-19)26-7-3-1-4-8-26)23-20(28(11-13-29)12-14-30)25-18(15)27-9-5-2-6-10-27/h34-35H,1-19H2;32-37H,1-17H2;31-33H,1-16H2,(H,23,24,26);29-30H,1-14H2. The highest BCUT2D eigenvalue weighted by Crippen LogP contribution is 2.41. The molecule has 44 nitrogen and oxygen atoms in total. The highest BCUT2D eigenvalue weighted by atomic mass is 35.5. The number of aliphatic hydroxyl groups is 13. The molecule has 0 unspecified atom stereocenters. The average molecular weight is 1910 g/mol. The molecule has 14 N–H and O–H groups in total. The van der Waals surface area contributed by atoms with Crippen LogP contribution in [0.4, 0.5) is 88.2 Å². The lowest BCUT2D eigenvalue weighted by Gasteiger charge is -2.33. The Labute approximate surface area is 795 Å². The van der Waals surface area contributed by atoms with Crippen LogP contribution < -0.4 is 73.9 Å². The molecule has 16 rings (SSSR count). The van der Waals surface area contributed by atoms with Gasteiger partial charge in [-0.05, 0) is 166 Å². The second-order valence-corrected chi connectivity index (χ2v) is 35.5. The van der Waals surface area contributed by atoms with E-state index in [9.17, 15) is 66.4 Å². The van der Waals surface area contributed by atoms with Gasteiger partial charge in [-0.2, -0.15) is 39.9 Å². The summed E-state index contributed by atoms with van der Waals surface area (Å²) in [6.45, 7) is 17.0. The van der Waals surface area contributed by atoms with Gasteiger partial charge in [-0.25, -0.2) is 39.9 Å². The van der Waals surface area contributed by atoms with Crippen molar-refractivity contribution in [3.8, 4) is 0 Å². The van der Waals surface area contributed by atoms with Crippen LogP contribution in [0, 0.1) is 0 Å². The molecule has 0 aromatic carbocycles. The maximum Gasteiger partial charge on any atom is 0.228 e. The number of hydrogen-bond donors (Lipinski definition) is 14. The van der Waals surface area contributed by atoms with E-state index >= 15 is 0 Å². The van der Waals surface area contributed by atoms with Crippen LogP contribution in [0.3, 0.4) is 0 Å². The van der Waals surface area contributed by atoms with E-state index in [0.29, 0.717) is 120 Å². The third kappa shape index (κ3) is 27.1. The number of halogens is 1. The zero-order valence-corrected chi connectivity index (χ0v) is 79.5. The molecule has 8 aliphatic rings. The first-order chi connectivity index (χ1) is 66.3. The zero-order valence-electron chi connectivity index (χ0n) is 78.8. The lowest BCUT2D eigenvalue weighted by Crippen LogP contribution is -2.36. The average Bonchev–Trinajstić information content (AvgIpc) is 0.780. The van der Waals surface area contributed by atoms with E-state index in [2.05, 4.69) is 54.5 Å². The van der Waals surface area contributed by atoms with Crippen LogP contribution in [0.15, 0.2) is 0 Å². The summed E-state index contributed by atoms with van der Waals surface area (Å²) in [6.07, 6.45) is 27.4. The van der Waals surface area contributed by atoms with Gasteiger partial charge in [-0.1, -0.05) is 0 Å². The number of nitrogens with one attached hydrogen (secondary N) is 1. The number of fused-ring (bicyclic) bond motifs is 4. The molecule has 8 aromatic heterocycles. The van der Waals surface area contributed by atoms with Gasteiger partial charge >= 0.3 is 0 Å². The number of nitrogens with zero attached hydrogens (tertiary/aromatic N) is 30. The molecule has 746 valence electrons. The molecule has 8 fully saturated rings. The van der Waals surface area contributed by atoms with Crippen LogP contribution in [0.25, 0.3) is 44.1 Å². The van der Waals surface area contributed by atoms with Crippen molar-refractivity contribution >= 4 is 144 Å². The van der Waals surface area contributed by atoms with Crippen molar-refractivity contribution in [2.75, 3.05) is 350 Å². The summed E-state index contributed by atoms with van der Waals surface area (Å²) >= 11 is 6.36. The van der Waals surface area contributed by atoms with Gasteiger partial charge in [-0.3, -0.25) is 0 Å². The number of anilines is 15. The first kappa shape index (κ1) is 103. The second-order valence-electron chi connectivity index (χ2n) is 35.2. The Kier molecular flexibility index (Phi) is 41.1. The van der Waals surface area contributed by atoms with Crippen molar-refractivity contribution in [3.63, 3.8) is 0 Å². The fourth-order valence-corrected chi connectivity index (χ4v) is 19.0. The van der Waals surface area contributed by atoms with Crippen molar-refractivity contribution in [2.45, 2.75) is 154 Å². The fraction of sp³-hybridized carbons (Fsp3) is 0.733. The molecule has 0 spiro atoms. The summed E-state index contributed by atoms with van der Waals surface area (Å²) in [4.78, 5) is 106. The van der Waals surface area contributed by atoms with Crippen LogP contribution in [0.1, 0.15) is 154 Å². The highest BCUT2D eigenvalue weighted by molar-refractivity contribution is 6.29. The number of piperidine rings is 8. The Bertz CT molecular complexity index is 4860. The Hall–Kier alpha value is -9.55. The van der Waals surface area contributed by atoms with E-state index < -0.39 is 0 Å². The van der Waals surface area contributed by atoms with E-state index in [1.165, 1.54) is 57.8 Å². The minimum atomic E-state index is -0.185. The molecule has 45 heteroatoms. The van der Waals surface area contributed by atoms with Crippen molar-refractivity contribution in [1.82, 2.24) is 79.7 Å². The molecule has 0 amide bonds. The molecule has 0 atom stereocenters. The fourth-order valence-electron chi connectivity index (χ4n) is 18.9. The monoisotopic (exact) mass is 1900 g/mol. The summed E-state index contributed by atoms with van der Waals surface area (Å²) in [7, 11) is 0. The Morgan fingerprint density at radius 1 is 0.200 bits per heavy atom. The molecule has 135 heavy (non-hydrogen) atoms. The van der Waals surface area contributed by atoms with E-state index in [-0.39, 0.29) is 136 Å². The van der Waals surface area contributed by atoms with Crippen LogP contribution in [0.2, 0.25) is 5.28 Å². The highest BCUT2D eigenvalue weighted by Gasteiger charge is 2.34. The van der Waals surface area contributed by atoms with E-state index in [1.807, 2.05) is 14.7 Å². The summed E-state index contributed by atoms with van der Waals surface area (Å²) in [5.74, 6) is 9.13. The number of rotatable bonds is 41. The molecule has 0 bridgehead atoms. The van der Waals surface area contributed by atoms with Crippen molar-refractivity contribution in [1.29, 1.82) is 0 Å². The SMILES string of the molecule is OCCN(CCO)c1nc(N2CCCCC2)c2nc(Cl)nc(N3CCCCC3)c2n1.OCCN(CCO)c1nc(N2CCCCC2)c2nc(N(CCO)CCO)nc(N(CCO)CCO)c2n1.OCCN(CCO)c1nc(N2CCCCC2)c2nc(N3CCCCC3)nc(N3CCCCC3)c2n1.OCCNc1nc(N2CCCCC2)c2nc(N(CCO)CCO)nc(N3CCCCC3)c2n1. The van der Waals surface area contributed by atoms with Gasteiger partial charge in [0.2, 0.25) is 46.9 Å². The molecule has 8 aromatic rings. The summed E-state index contributed by atoms with van der Waals surface area (Å²) < 4.78 is 0. The molecule has 0 radical (unpaired) electrons. The quantitative estimate of drug-likeness (QED) is 0.0245. The third-order valence-electron chi connectivity index (χ3n) is 25.7. The largest absolute Gasteiger partial charge is 0.395 e. The molecular formula is C90H146ClN31O13. The topological polar surface area (TPSA) is 527 Å². The lowest BCUT2D eigenvalue weighted by atomic mass is 10.1. The summed E-state index contributed by atoms with van der Waals surface area (Å²) in [5, 5.41) is 128. The molecule has 8 saturated heterocycles. The predicted molar refractivity (Wildman–Crippen MR) is 528 cm³/mol. The van der Waals surface area contributed by atoms with Gasteiger partial charge in [0.1, 0.15) is 44.1 Å². The number of aliphatic hydroxyl groups excluding tert-OH is 13. The third-order valence-corrected chi connectivity index (χ3v) is 25.9. The van der Waals surface area contributed by atoms with Gasteiger partial charge < -0.3 is 140 Å². The maximum absolute atomic E-state index is 9.74. The second kappa shape index (κ2) is 54.0. The normalized spacial score (nSPS) is 16.9. The van der Waals surface area contributed by atoms with Crippen LogP contribution in [-0.2, 0) is 0 Å². The molecule has 16 heterocycles. The number of aromatic nitrogens is 16. The van der Waals surface area contributed by atoms with Crippen molar-refractivity contribution in [3.05, 3.63) is 5.28 Å². The summed E-state index contributed by atoms with van der Waals surface area (Å²) in [5.41, 5.74) is 5.26. The van der Waals surface area contributed by atoms with Gasteiger partial charge in [-0.15, -0.1) is 0 Å². The lowest BCUT2D eigenvalue weighted by molar-refractivity contribution is 0.278. The van der Waals surface area contributed by atoms with Crippen LogP contribution in [-0.4, -0.2) is 422 Å². The van der Waals surface area contributed by atoms with Gasteiger partial charge in [0.25, 0.3) is 0 Å². The van der Waals surface area contributed by atoms with E-state index in [4.69, 9.17) is 81.4 Å². The molecule has 0 saturated carbocycles. The maximum atomic E-state index is 9.74. The minimum Gasteiger partial charge on any atom is -0.395 e. The first-order valence-electron chi connectivity index (χ1n) is 49.5. The zero-order chi connectivity index (χ0) is 94.6. The van der Waals surface area contributed by atoms with Gasteiger partial charge in [0.05, 0.1) is 85.9 Å². The Morgan fingerprint density at radius 2 is 0.415 bits per heavy atom. The van der Waals surface area contributed by atoms with Crippen LogP contribution in [0.5, 0.6) is 0 Å². The predicted octanol–water partition coefficient (Wildman–Crippen LogP) is 2.41. The smallest absolute Gasteiger partial charge is 0.228 e. The van der Waals surface area contributed by atoms with Gasteiger partial charge in [0, 0.05) is 190 Å². The van der Waals surface area contributed by atoms with Crippen molar-refractivity contribution < 1.29 is 66.4 Å². The first-order valence-corrected chi connectivity index (χ1v) is 49.9. The minimum absolute atomic E-state index is 0.00779. The Morgan fingerprint density at radius 3 is 0.696 bits per heavy atom. The van der Waals surface area contributed by atoms with Crippen molar-refractivity contribution in [2.24, 2.45) is 0 Å². The number of hydrogen-bond acceptors (Lipinski definition) is 44. The molecular weight excluding hydrogens is 1760 g/mol. The van der Waals surface area contributed by atoms with E-state index in [1.54, 1.807) is 14.7 Å². The summed E-state index contributed by atoms with van der Waals surface area (Å²) in [6, 6.07) is 0. The molecule has 8 aliphatic heterocycles. The van der Waals surface area contributed by atoms with Crippen LogP contribution >= 0.6 is 11.6 Å².